The highest BCUT2D eigenvalue weighted by Gasteiger charge is 2.13. The van der Waals surface area contributed by atoms with Crippen LogP contribution in [-0.4, -0.2) is 19.6 Å². The Labute approximate surface area is 167 Å². The Balaban J connectivity index is 2.31. The number of carbonyl (C=O) groups excluding carboxylic acids is 1. The van der Waals surface area contributed by atoms with Crippen LogP contribution in [0.25, 0.3) is 6.08 Å². The Morgan fingerprint density at radius 2 is 2.04 bits per heavy atom. The Morgan fingerprint density at radius 3 is 2.67 bits per heavy atom. The topological polar surface area (TPSA) is 71.3 Å². The number of ether oxygens (including phenoxy) is 2. The van der Waals surface area contributed by atoms with Gasteiger partial charge in [-0.3, -0.25) is 4.79 Å². The number of carbonyl (C=O) groups is 1. The van der Waals surface area contributed by atoms with Gasteiger partial charge >= 0.3 is 0 Å². The smallest absolute Gasteiger partial charge is 0.266 e. The average molecular weight is 401 g/mol. The number of methoxy groups -OCH3 is 1. The summed E-state index contributed by atoms with van der Waals surface area (Å²) in [7, 11) is 1.52. The quantitative estimate of drug-likeness (QED) is 0.438. The van der Waals surface area contributed by atoms with Gasteiger partial charge in [-0.25, -0.2) is 0 Å². The van der Waals surface area contributed by atoms with Crippen molar-refractivity contribution in [3.8, 4) is 29.9 Å². The van der Waals surface area contributed by atoms with E-state index in [-0.39, 0.29) is 17.2 Å². The summed E-state index contributed by atoms with van der Waals surface area (Å²) in [5.41, 5.74) is 0.790. The standard InChI is InChI=1S/C20H14Cl2N2O3/c1-3-8-27-19-11-16(26-2)6-4-13(19)9-14(12-23)20(25)24-15-5-7-17(21)18(22)10-15/h1,4-7,9-11H,8H2,2H3,(H,24,25)/b14-9+. The number of halogens is 2. The number of hydrogen-bond donors (Lipinski definition) is 1. The van der Waals surface area contributed by atoms with E-state index in [2.05, 4.69) is 11.2 Å². The second-order valence-electron chi connectivity index (χ2n) is 5.15. The first kappa shape index (κ1) is 20.2. The highest BCUT2D eigenvalue weighted by Crippen LogP contribution is 2.28. The van der Waals surface area contributed by atoms with E-state index < -0.39 is 5.91 Å². The number of terminal acetylenes is 1. The molecule has 0 heterocycles. The van der Waals surface area contributed by atoms with E-state index >= 15 is 0 Å². The van der Waals surface area contributed by atoms with Crippen LogP contribution in [0.3, 0.4) is 0 Å². The van der Waals surface area contributed by atoms with Crippen molar-refractivity contribution in [3.05, 3.63) is 57.6 Å². The van der Waals surface area contributed by atoms with Crippen molar-refractivity contribution in [2.45, 2.75) is 0 Å². The number of nitriles is 1. The first-order valence-electron chi connectivity index (χ1n) is 7.61. The fraction of sp³-hybridized carbons (Fsp3) is 0.100. The molecule has 136 valence electrons. The molecule has 0 atom stereocenters. The molecule has 0 aliphatic carbocycles. The second-order valence-corrected chi connectivity index (χ2v) is 5.96. The molecule has 1 amide bonds. The normalized spacial score (nSPS) is 10.5. The highest BCUT2D eigenvalue weighted by atomic mass is 35.5. The Morgan fingerprint density at radius 1 is 1.26 bits per heavy atom. The van der Waals surface area contributed by atoms with Gasteiger partial charge in [0.15, 0.2) is 0 Å². The summed E-state index contributed by atoms with van der Waals surface area (Å²) in [6.07, 6.45) is 6.62. The van der Waals surface area contributed by atoms with Crippen molar-refractivity contribution in [1.82, 2.24) is 0 Å². The molecule has 0 saturated heterocycles. The van der Waals surface area contributed by atoms with E-state index in [1.165, 1.54) is 19.3 Å². The molecule has 27 heavy (non-hydrogen) atoms. The number of anilines is 1. The number of nitrogens with zero attached hydrogens (tertiary/aromatic N) is 1. The third-order valence-electron chi connectivity index (χ3n) is 3.37. The zero-order valence-electron chi connectivity index (χ0n) is 14.3. The van der Waals surface area contributed by atoms with Crippen molar-refractivity contribution in [2.24, 2.45) is 0 Å². The van der Waals surface area contributed by atoms with Gasteiger partial charge in [-0.2, -0.15) is 5.26 Å². The van der Waals surface area contributed by atoms with Crippen LogP contribution in [0.2, 0.25) is 10.0 Å². The van der Waals surface area contributed by atoms with Crippen molar-refractivity contribution in [3.63, 3.8) is 0 Å². The molecule has 0 saturated carbocycles. The lowest BCUT2D eigenvalue weighted by atomic mass is 10.1. The summed E-state index contributed by atoms with van der Waals surface area (Å²) in [5, 5.41) is 12.6. The maximum Gasteiger partial charge on any atom is 0.266 e. The van der Waals surface area contributed by atoms with E-state index in [9.17, 15) is 10.1 Å². The van der Waals surface area contributed by atoms with Gasteiger partial charge < -0.3 is 14.8 Å². The summed E-state index contributed by atoms with van der Waals surface area (Å²) in [6, 6.07) is 11.5. The number of benzene rings is 2. The zero-order valence-corrected chi connectivity index (χ0v) is 15.8. The van der Waals surface area contributed by atoms with Crippen LogP contribution in [0.5, 0.6) is 11.5 Å². The summed E-state index contributed by atoms with van der Waals surface area (Å²) in [5.74, 6) is 2.70. The van der Waals surface area contributed by atoms with Crippen LogP contribution < -0.4 is 14.8 Å². The summed E-state index contributed by atoms with van der Waals surface area (Å²) in [4.78, 5) is 12.4. The maximum atomic E-state index is 12.4. The number of rotatable bonds is 6. The molecule has 0 spiro atoms. The molecule has 0 aliphatic heterocycles. The molecule has 0 aromatic heterocycles. The largest absolute Gasteiger partial charge is 0.497 e. The van der Waals surface area contributed by atoms with Gasteiger partial charge in [0, 0.05) is 17.3 Å². The SMILES string of the molecule is C#CCOc1cc(OC)ccc1/C=C(\C#N)C(=O)Nc1ccc(Cl)c(Cl)c1. The molecule has 0 radical (unpaired) electrons. The van der Waals surface area contributed by atoms with Gasteiger partial charge in [-0.15, -0.1) is 6.42 Å². The van der Waals surface area contributed by atoms with Crippen molar-refractivity contribution < 1.29 is 14.3 Å². The lowest BCUT2D eigenvalue weighted by Crippen LogP contribution is -2.13. The molecule has 5 nitrogen and oxygen atoms in total. The molecule has 2 rings (SSSR count). The Hall–Kier alpha value is -3.12. The van der Waals surface area contributed by atoms with Gasteiger partial charge in [0.1, 0.15) is 29.7 Å². The minimum Gasteiger partial charge on any atom is -0.497 e. The van der Waals surface area contributed by atoms with Crippen molar-refractivity contribution in [2.75, 3.05) is 19.0 Å². The minimum absolute atomic E-state index is 0.0331. The van der Waals surface area contributed by atoms with E-state index in [0.29, 0.717) is 27.8 Å². The molecule has 7 heteroatoms. The number of hydrogen-bond acceptors (Lipinski definition) is 4. The van der Waals surface area contributed by atoms with Crippen LogP contribution in [0, 0.1) is 23.7 Å². The Bertz CT molecular complexity index is 972. The molecule has 2 aromatic rings. The highest BCUT2D eigenvalue weighted by molar-refractivity contribution is 6.42. The molecular formula is C20H14Cl2N2O3. The number of amides is 1. The third kappa shape index (κ3) is 5.43. The van der Waals surface area contributed by atoms with Gasteiger partial charge in [0.25, 0.3) is 5.91 Å². The van der Waals surface area contributed by atoms with Crippen LogP contribution in [0.4, 0.5) is 5.69 Å². The number of nitrogens with one attached hydrogen (secondary N) is 1. The lowest BCUT2D eigenvalue weighted by molar-refractivity contribution is -0.112. The van der Waals surface area contributed by atoms with Gasteiger partial charge in [-0.05, 0) is 36.4 Å². The van der Waals surface area contributed by atoms with Gasteiger partial charge in [0.05, 0.1) is 17.2 Å². The summed E-state index contributed by atoms with van der Waals surface area (Å²) in [6.45, 7) is 0.0331. The minimum atomic E-state index is -0.602. The molecule has 1 N–H and O–H groups in total. The van der Waals surface area contributed by atoms with Crippen molar-refractivity contribution >= 4 is 40.9 Å². The van der Waals surface area contributed by atoms with E-state index in [4.69, 9.17) is 39.1 Å². The fourth-order valence-electron chi connectivity index (χ4n) is 2.08. The van der Waals surface area contributed by atoms with Crippen LogP contribution in [0.1, 0.15) is 5.56 Å². The summed E-state index contributed by atoms with van der Waals surface area (Å²) < 4.78 is 10.6. The van der Waals surface area contributed by atoms with Crippen LogP contribution in [0.15, 0.2) is 42.0 Å². The zero-order chi connectivity index (χ0) is 19.8. The second kappa shape index (κ2) is 9.54. The summed E-state index contributed by atoms with van der Waals surface area (Å²) >= 11 is 11.8. The molecule has 0 bridgehead atoms. The Kier molecular flexibility index (Phi) is 7.14. The third-order valence-corrected chi connectivity index (χ3v) is 4.11. The molecule has 0 unspecified atom stereocenters. The molecular weight excluding hydrogens is 387 g/mol. The van der Waals surface area contributed by atoms with Gasteiger partial charge in [0.2, 0.25) is 0 Å². The fourth-order valence-corrected chi connectivity index (χ4v) is 2.38. The van der Waals surface area contributed by atoms with E-state index in [1.54, 1.807) is 30.3 Å². The van der Waals surface area contributed by atoms with Crippen molar-refractivity contribution in [1.29, 1.82) is 5.26 Å². The predicted octanol–water partition coefficient (Wildman–Crippen LogP) is 4.56. The molecule has 0 aliphatic rings. The first-order valence-corrected chi connectivity index (χ1v) is 8.36. The molecule has 2 aromatic carbocycles. The molecule has 0 fully saturated rings. The van der Waals surface area contributed by atoms with Crippen LogP contribution >= 0.6 is 23.2 Å². The lowest BCUT2D eigenvalue weighted by Gasteiger charge is -2.10. The first-order chi connectivity index (χ1) is 13.0. The van der Waals surface area contributed by atoms with Crippen LogP contribution in [-0.2, 0) is 4.79 Å². The average Bonchev–Trinajstić information content (AvgIpc) is 2.67. The maximum absolute atomic E-state index is 12.4. The van der Waals surface area contributed by atoms with E-state index in [1.807, 2.05) is 6.07 Å². The monoisotopic (exact) mass is 400 g/mol. The van der Waals surface area contributed by atoms with E-state index in [0.717, 1.165) is 0 Å². The predicted molar refractivity (Wildman–Crippen MR) is 106 cm³/mol. The van der Waals surface area contributed by atoms with Gasteiger partial charge in [-0.1, -0.05) is 29.1 Å².